The smallest absolute Gasteiger partial charge is 0.178 e. The summed E-state index contributed by atoms with van der Waals surface area (Å²) in [4.78, 5) is 12.1. The molecule has 3 nitrogen and oxygen atoms in total. The van der Waals surface area contributed by atoms with Crippen LogP contribution >= 0.6 is 0 Å². The number of hydrogen-bond donors (Lipinski definition) is 0. The topological polar surface area (TPSA) is 51.2 Å². The van der Waals surface area contributed by atoms with Crippen LogP contribution in [0.2, 0.25) is 0 Å². The minimum Gasteiger partial charge on any atom is -0.294 e. The second-order valence-electron chi connectivity index (χ2n) is 5.55. The number of carbonyl (C=O) groups is 1. The first-order valence-corrected chi connectivity index (χ1v) is 8.88. The third kappa shape index (κ3) is 5.08. The number of benzene rings is 1. The lowest BCUT2D eigenvalue weighted by molar-refractivity contribution is 0.0979. The largest absolute Gasteiger partial charge is 0.294 e. The highest BCUT2D eigenvalue weighted by Gasteiger charge is 2.15. The summed E-state index contributed by atoms with van der Waals surface area (Å²) in [6.45, 7) is 6.05. The molecule has 1 rings (SSSR count). The number of hydrogen-bond acceptors (Lipinski definition) is 3. The molecule has 0 aromatic heterocycles. The number of sulfone groups is 1. The van der Waals surface area contributed by atoms with Gasteiger partial charge in [-0.15, -0.1) is 0 Å². The van der Waals surface area contributed by atoms with E-state index in [1.54, 1.807) is 24.3 Å². The number of ketones is 1. The molecule has 0 unspecified atom stereocenters. The normalized spacial score (nSPS) is 11.8. The number of Topliss-reactive ketones (excluding diaryl/α,β-unsaturated/α-hetero) is 1. The van der Waals surface area contributed by atoms with Crippen molar-refractivity contribution in [2.75, 3.05) is 5.75 Å². The lowest BCUT2D eigenvalue weighted by atomic mass is 10.1. The highest BCUT2D eigenvalue weighted by molar-refractivity contribution is 7.91. The number of unbranched alkanes of at least 4 members (excludes halogenated alkanes) is 1. The van der Waals surface area contributed by atoms with Crippen molar-refractivity contribution in [1.29, 1.82) is 0 Å². The minimum absolute atomic E-state index is 0.0815. The quantitative estimate of drug-likeness (QED) is 0.684. The van der Waals surface area contributed by atoms with Crippen molar-refractivity contribution in [3.05, 3.63) is 29.8 Å². The summed E-state index contributed by atoms with van der Waals surface area (Å²) < 4.78 is 24.2. The Bertz CT molecular complexity index is 527. The Labute approximate surface area is 122 Å². The van der Waals surface area contributed by atoms with Gasteiger partial charge in [-0.3, -0.25) is 4.79 Å². The highest BCUT2D eigenvalue weighted by Crippen LogP contribution is 2.16. The zero-order valence-corrected chi connectivity index (χ0v) is 13.4. The summed E-state index contributed by atoms with van der Waals surface area (Å²) in [6, 6.07) is 6.35. The average Bonchev–Trinajstić information content (AvgIpc) is 2.43. The molecule has 0 heterocycles. The summed E-state index contributed by atoms with van der Waals surface area (Å²) in [7, 11) is -3.23. The van der Waals surface area contributed by atoms with E-state index in [1.165, 1.54) is 0 Å². The molecule has 0 radical (unpaired) electrons. The van der Waals surface area contributed by atoms with E-state index in [0.717, 1.165) is 12.8 Å². The van der Waals surface area contributed by atoms with Gasteiger partial charge < -0.3 is 0 Å². The molecule has 0 aliphatic rings. The van der Waals surface area contributed by atoms with E-state index in [0.29, 0.717) is 29.2 Å². The van der Waals surface area contributed by atoms with E-state index in [2.05, 4.69) is 0 Å². The maximum atomic E-state index is 12.1. The third-order valence-electron chi connectivity index (χ3n) is 3.26. The van der Waals surface area contributed by atoms with Crippen LogP contribution in [-0.4, -0.2) is 20.0 Å². The lowest BCUT2D eigenvalue weighted by Crippen LogP contribution is -2.09. The zero-order chi connectivity index (χ0) is 15.2. The predicted octanol–water partition coefficient (Wildman–Crippen LogP) is 3.88. The first-order chi connectivity index (χ1) is 9.36. The van der Waals surface area contributed by atoms with Crippen LogP contribution in [0, 0.1) is 5.92 Å². The molecule has 0 aliphatic heterocycles. The maximum absolute atomic E-state index is 12.1. The SMILES string of the molecule is CCCCC(=O)c1ccc(S(=O)(=O)CCC(C)C)cc1. The van der Waals surface area contributed by atoms with Crippen LogP contribution in [-0.2, 0) is 9.84 Å². The van der Waals surface area contributed by atoms with E-state index >= 15 is 0 Å². The Hall–Kier alpha value is -1.16. The lowest BCUT2D eigenvalue weighted by Gasteiger charge is -2.07. The van der Waals surface area contributed by atoms with Gasteiger partial charge in [0.25, 0.3) is 0 Å². The van der Waals surface area contributed by atoms with Crippen molar-refractivity contribution in [3.8, 4) is 0 Å². The molecule has 20 heavy (non-hydrogen) atoms. The van der Waals surface area contributed by atoms with Gasteiger partial charge in [-0.25, -0.2) is 8.42 Å². The van der Waals surface area contributed by atoms with Crippen LogP contribution in [0.1, 0.15) is 56.8 Å². The Morgan fingerprint density at radius 2 is 1.75 bits per heavy atom. The summed E-state index contributed by atoms with van der Waals surface area (Å²) >= 11 is 0. The summed E-state index contributed by atoms with van der Waals surface area (Å²) in [5.41, 5.74) is 0.598. The fraction of sp³-hybridized carbons (Fsp3) is 0.562. The molecule has 1 aromatic carbocycles. The van der Waals surface area contributed by atoms with Crippen LogP contribution in [0.5, 0.6) is 0 Å². The van der Waals surface area contributed by atoms with Gasteiger partial charge in [-0.05, 0) is 30.9 Å². The molecule has 0 N–H and O–H groups in total. The standard InChI is InChI=1S/C16H24O3S/c1-4-5-6-16(17)14-7-9-15(10-8-14)20(18,19)12-11-13(2)3/h7-10,13H,4-6,11-12H2,1-3H3. The third-order valence-corrected chi connectivity index (χ3v) is 5.02. The van der Waals surface area contributed by atoms with Gasteiger partial charge in [0.05, 0.1) is 10.6 Å². The van der Waals surface area contributed by atoms with Crippen LogP contribution in [0.25, 0.3) is 0 Å². The van der Waals surface area contributed by atoms with Gasteiger partial charge in [0.1, 0.15) is 0 Å². The van der Waals surface area contributed by atoms with E-state index in [9.17, 15) is 13.2 Å². The molecule has 0 atom stereocenters. The first kappa shape index (κ1) is 16.9. The van der Waals surface area contributed by atoms with Gasteiger partial charge in [0, 0.05) is 12.0 Å². The summed E-state index contributed by atoms with van der Waals surface area (Å²) in [5.74, 6) is 0.603. The Morgan fingerprint density at radius 3 is 2.25 bits per heavy atom. The molecule has 0 saturated heterocycles. The van der Waals surface area contributed by atoms with Gasteiger partial charge in [-0.1, -0.05) is 39.3 Å². The molecule has 0 bridgehead atoms. The molecule has 112 valence electrons. The zero-order valence-electron chi connectivity index (χ0n) is 12.6. The van der Waals surface area contributed by atoms with Gasteiger partial charge in [-0.2, -0.15) is 0 Å². The Balaban J connectivity index is 2.77. The van der Waals surface area contributed by atoms with Gasteiger partial charge in [0.15, 0.2) is 15.6 Å². The predicted molar refractivity (Wildman–Crippen MR) is 81.8 cm³/mol. The molecule has 0 aliphatic carbocycles. The van der Waals surface area contributed by atoms with Crippen molar-refractivity contribution in [3.63, 3.8) is 0 Å². The van der Waals surface area contributed by atoms with E-state index in [-0.39, 0.29) is 11.5 Å². The van der Waals surface area contributed by atoms with Crippen molar-refractivity contribution in [2.45, 2.75) is 51.3 Å². The van der Waals surface area contributed by atoms with Crippen molar-refractivity contribution in [1.82, 2.24) is 0 Å². The van der Waals surface area contributed by atoms with Gasteiger partial charge >= 0.3 is 0 Å². The van der Waals surface area contributed by atoms with Crippen molar-refractivity contribution >= 4 is 15.6 Å². The number of rotatable bonds is 8. The molecule has 4 heteroatoms. The Kier molecular flexibility index (Phi) is 6.40. The molecule has 1 aromatic rings. The second-order valence-corrected chi connectivity index (χ2v) is 7.66. The molecule has 0 spiro atoms. The molecule has 0 amide bonds. The summed E-state index contributed by atoms with van der Waals surface area (Å²) in [5, 5.41) is 0. The van der Waals surface area contributed by atoms with Crippen LogP contribution in [0.4, 0.5) is 0 Å². The van der Waals surface area contributed by atoms with Crippen LogP contribution in [0.15, 0.2) is 29.2 Å². The van der Waals surface area contributed by atoms with Crippen LogP contribution in [0.3, 0.4) is 0 Å². The van der Waals surface area contributed by atoms with E-state index in [4.69, 9.17) is 0 Å². The minimum atomic E-state index is -3.23. The maximum Gasteiger partial charge on any atom is 0.178 e. The van der Waals surface area contributed by atoms with Crippen LogP contribution < -0.4 is 0 Å². The van der Waals surface area contributed by atoms with Crippen molar-refractivity contribution < 1.29 is 13.2 Å². The van der Waals surface area contributed by atoms with Gasteiger partial charge in [0.2, 0.25) is 0 Å². The molecular formula is C16H24O3S. The van der Waals surface area contributed by atoms with E-state index in [1.807, 2.05) is 20.8 Å². The summed E-state index contributed by atoms with van der Waals surface area (Å²) in [6.07, 6.45) is 3.02. The molecule has 0 saturated carbocycles. The molecular weight excluding hydrogens is 272 g/mol. The molecule has 0 fully saturated rings. The first-order valence-electron chi connectivity index (χ1n) is 7.23. The Morgan fingerprint density at radius 1 is 1.15 bits per heavy atom. The fourth-order valence-electron chi connectivity index (χ4n) is 1.84. The monoisotopic (exact) mass is 296 g/mol. The fourth-order valence-corrected chi connectivity index (χ4v) is 3.41. The second kappa shape index (κ2) is 7.58. The van der Waals surface area contributed by atoms with E-state index < -0.39 is 9.84 Å². The van der Waals surface area contributed by atoms with Crippen molar-refractivity contribution in [2.24, 2.45) is 5.92 Å². The average molecular weight is 296 g/mol. The highest BCUT2D eigenvalue weighted by atomic mass is 32.2. The number of carbonyl (C=O) groups excluding carboxylic acids is 1.